The highest BCUT2D eigenvalue weighted by Gasteiger charge is 2.09. The Bertz CT molecular complexity index is 978. The number of nitrogens with one attached hydrogen (secondary N) is 1. The first-order valence-electron chi connectivity index (χ1n) is 7.29. The van der Waals surface area contributed by atoms with Gasteiger partial charge in [-0.1, -0.05) is 23.7 Å². The van der Waals surface area contributed by atoms with Crippen LogP contribution in [0.15, 0.2) is 54.9 Å². The maximum Gasteiger partial charge on any atom is 0.224 e. The zero-order chi connectivity index (χ0) is 16.4. The summed E-state index contributed by atoms with van der Waals surface area (Å²) in [4.78, 5) is 12.8. The largest absolute Gasteiger partial charge is 0.469 e. The molecule has 2 aromatic carbocycles. The summed E-state index contributed by atoms with van der Waals surface area (Å²) < 4.78 is 5.77. The summed E-state index contributed by atoms with van der Waals surface area (Å²) in [5, 5.41) is 8.61. The van der Waals surface area contributed by atoms with Gasteiger partial charge < -0.3 is 4.74 Å². The van der Waals surface area contributed by atoms with E-state index in [4.69, 9.17) is 16.3 Å². The Morgan fingerprint density at radius 2 is 1.83 bits per heavy atom. The van der Waals surface area contributed by atoms with E-state index in [2.05, 4.69) is 25.1 Å². The van der Waals surface area contributed by atoms with E-state index < -0.39 is 0 Å². The Kier molecular flexibility index (Phi) is 3.80. The third kappa shape index (κ3) is 2.91. The molecule has 2 heterocycles. The SMILES string of the molecule is Clc1ccc(-c2n[nH]c(COc3ncnc4ccccc34)n2)cc1. The van der Waals surface area contributed by atoms with Crippen molar-refractivity contribution in [3.05, 3.63) is 65.7 Å². The van der Waals surface area contributed by atoms with E-state index in [0.717, 1.165) is 16.5 Å². The van der Waals surface area contributed by atoms with E-state index in [1.54, 1.807) is 12.1 Å². The minimum absolute atomic E-state index is 0.238. The van der Waals surface area contributed by atoms with Crippen molar-refractivity contribution in [2.24, 2.45) is 0 Å². The van der Waals surface area contributed by atoms with E-state index in [1.807, 2.05) is 36.4 Å². The average molecular weight is 338 g/mol. The number of para-hydroxylation sites is 1. The van der Waals surface area contributed by atoms with Gasteiger partial charge in [-0.05, 0) is 36.4 Å². The predicted octanol–water partition coefficient (Wildman–Crippen LogP) is 3.65. The third-order valence-corrected chi connectivity index (χ3v) is 3.74. The molecule has 4 rings (SSSR count). The monoisotopic (exact) mass is 337 g/mol. The number of nitrogens with zero attached hydrogens (tertiary/aromatic N) is 4. The van der Waals surface area contributed by atoms with Crippen LogP contribution in [0.5, 0.6) is 5.88 Å². The van der Waals surface area contributed by atoms with Crippen molar-refractivity contribution in [2.75, 3.05) is 0 Å². The second-order valence-corrected chi connectivity index (χ2v) is 5.53. The molecular formula is C17H12ClN5O. The highest BCUT2D eigenvalue weighted by molar-refractivity contribution is 6.30. The Morgan fingerprint density at radius 3 is 2.71 bits per heavy atom. The summed E-state index contributed by atoms with van der Waals surface area (Å²) in [6, 6.07) is 15.0. The van der Waals surface area contributed by atoms with Crippen molar-refractivity contribution in [3.8, 4) is 17.3 Å². The topological polar surface area (TPSA) is 76.6 Å². The summed E-state index contributed by atoms with van der Waals surface area (Å²) in [6.07, 6.45) is 1.48. The van der Waals surface area contributed by atoms with Crippen LogP contribution in [0.2, 0.25) is 5.02 Å². The van der Waals surface area contributed by atoms with E-state index in [0.29, 0.717) is 22.6 Å². The lowest BCUT2D eigenvalue weighted by Crippen LogP contribution is -2.00. The Balaban J connectivity index is 1.53. The highest BCUT2D eigenvalue weighted by Crippen LogP contribution is 2.22. The molecule has 2 aromatic heterocycles. The third-order valence-electron chi connectivity index (χ3n) is 3.49. The van der Waals surface area contributed by atoms with Crippen molar-refractivity contribution in [1.82, 2.24) is 25.1 Å². The lowest BCUT2D eigenvalue weighted by molar-refractivity contribution is 0.288. The lowest BCUT2D eigenvalue weighted by atomic mass is 10.2. The van der Waals surface area contributed by atoms with Gasteiger partial charge in [0.1, 0.15) is 12.9 Å². The molecule has 0 aliphatic rings. The Labute approximate surface area is 142 Å². The molecule has 118 valence electrons. The summed E-state index contributed by atoms with van der Waals surface area (Å²) in [6.45, 7) is 0.238. The van der Waals surface area contributed by atoms with Crippen molar-refractivity contribution < 1.29 is 4.74 Å². The van der Waals surface area contributed by atoms with Gasteiger partial charge in [0, 0.05) is 10.6 Å². The van der Waals surface area contributed by atoms with Gasteiger partial charge in [0.05, 0.1) is 10.9 Å². The maximum absolute atomic E-state index is 5.89. The number of halogens is 1. The summed E-state index contributed by atoms with van der Waals surface area (Å²) in [5.41, 5.74) is 1.72. The molecule has 0 saturated heterocycles. The zero-order valence-electron chi connectivity index (χ0n) is 12.5. The molecular weight excluding hydrogens is 326 g/mol. The van der Waals surface area contributed by atoms with Crippen LogP contribution < -0.4 is 4.74 Å². The quantitative estimate of drug-likeness (QED) is 0.615. The van der Waals surface area contributed by atoms with Crippen LogP contribution in [0.3, 0.4) is 0 Å². The average Bonchev–Trinajstić information content (AvgIpc) is 3.09. The number of fused-ring (bicyclic) bond motifs is 1. The molecule has 6 nitrogen and oxygen atoms in total. The summed E-state index contributed by atoms with van der Waals surface area (Å²) >= 11 is 5.89. The molecule has 0 aliphatic heterocycles. The van der Waals surface area contributed by atoms with Crippen LogP contribution in [-0.4, -0.2) is 25.1 Å². The van der Waals surface area contributed by atoms with E-state index in [-0.39, 0.29) is 6.61 Å². The molecule has 4 aromatic rings. The number of ether oxygens (including phenoxy) is 1. The molecule has 0 radical (unpaired) electrons. The van der Waals surface area contributed by atoms with E-state index in [9.17, 15) is 0 Å². The standard InChI is InChI=1S/C17H12ClN5O/c18-12-7-5-11(6-8-12)16-21-15(22-23-16)9-24-17-13-3-1-2-4-14(13)19-10-20-17/h1-8,10H,9H2,(H,21,22,23). The number of hydrogen-bond donors (Lipinski definition) is 1. The number of aromatic amines is 1. The fraction of sp³-hybridized carbons (Fsp3) is 0.0588. The first kappa shape index (κ1) is 14.6. The molecule has 0 fully saturated rings. The fourth-order valence-corrected chi connectivity index (χ4v) is 2.45. The smallest absolute Gasteiger partial charge is 0.224 e. The second-order valence-electron chi connectivity index (χ2n) is 5.10. The Hall–Kier alpha value is -2.99. The Morgan fingerprint density at radius 1 is 1.00 bits per heavy atom. The van der Waals surface area contributed by atoms with Crippen molar-refractivity contribution >= 4 is 22.5 Å². The number of aromatic nitrogens is 5. The molecule has 0 bridgehead atoms. The molecule has 0 atom stereocenters. The van der Waals surface area contributed by atoms with Gasteiger partial charge in [-0.25, -0.2) is 15.0 Å². The molecule has 0 saturated carbocycles. The van der Waals surface area contributed by atoms with Crippen LogP contribution in [-0.2, 0) is 6.61 Å². The van der Waals surface area contributed by atoms with Crippen LogP contribution in [0.4, 0.5) is 0 Å². The summed E-state index contributed by atoms with van der Waals surface area (Å²) in [5.74, 6) is 1.73. The zero-order valence-corrected chi connectivity index (χ0v) is 13.2. The van der Waals surface area contributed by atoms with Gasteiger partial charge in [-0.3, -0.25) is 5.10 Å². The predicted molar refractivity (Wildman–Crippen MR) is 90.7 cm³/mol. The van der Waals surface area contributed by atoms with Gasteiger partial charge in [0.25, 0.3) is 0 Å². The lowest BCUT2D eigenvalue weighted by Gasteiger charge is -2.05. The van der Waals surface area contributed by atoms with Crippen LogP contribution in [0, 0.1) is 0 Å². The fourth-order valence-electron chi connectivity index (χ4n) is 2.32. The second kappa shape index (κ2) is 6.25. The van der Waals surface area contributed by atoms with Gasteiger partial charge in [0.15, 0.2) is 11.6 Å². The molecule has 0 unspecified atom stereocenters. The minimum atomic E-state index is 0.238. The number of rotatable bonds is 4. The first-order chi connectivity index (χ1) is 11.8. The highest BCUT2D eigenvalue weighted by atomic mass is 35.5. The van der Waals surface area contributed by atoms with Gasteiger partial charge >= 0.3 is 0 Å². The van der Waals surface area contributed by atoms with Crippen molar-refractivity contribution in [2.45, 2.75) is 6.61 Å². The molecule has 0 spiro atoms. The minimum Gasteiger partial charge on any atom is -0.469 e. The maximum atomic E-state index is 5.89. The first-order valence-corrected chi connectivity index (χ1v) is 7.67. The number of hydrogen-bond acceptors (Lipinski definition) is 5. The van der Waals surface area contributed by atoms with Gasteiger partial charge in [-0.2, -0.15) is 5.10 Å². The normalized spacial score (nSPS) is 10.9. The van der Waals surface area contributed by atoms with Crippen LogP contribution in [0.1, 0.15) is 5.82 Å². The number of H-pyrrole nitrogens is 1. The molecule has 24 heavy (non-hydrogen) atoms. The van der Waals surface area contributed by atoms with Crippen molar-refractivity contribution in [3.63, 3.8) is 0 Å². The molecule has 0 aliphatic carbocycles. The van der Waals surface area contributed by atoms with Gasteiger partial charge in [0.2, 0.25) is 5.88 Å². The van der Waals surface area contributed by atoms with E-state index in [1.165, 1.54) is 6.33 Å². The van der Waals surface area contributed by atoms with Gasteiger partial charge in [-0.15, -0.1) is 0 Å². The molecule has 1 N–H and O–H groups in total. The summed E-state index contributed by atoms with van der Waals surface area (Å²) in [7, 11) is 0. The van der Waals surface area contributed by atoms with Crippen LogP contribution >= 0.6 is 11.6 Å². The number of benzene rings is 2. The van der Waals surface area contributed by atoms with E-state index >= 15 is 0 Å². The molecule has 0 amide bonds. The van der Waals surface area contributed by atoms with Crippen molar-refractivity contribution in [1.29, 1.82) is 0 Å². The van der Waals surface area contributed by atoms with Crippen LogP contribution in [0.25, 0.3) is 22.3 Å². The molecule has 7 heteroatoms.